The highest BCUT2D eigenvalue weighted by atomic mass is 31.2. The summed E-state index contributed by atoms with van der Waals surface area (Å²) in [6, 6.07) is -0.916. The van der Waals surface area contributed by atoms with Gasteiger partial charge in [0.25, 0.3) is 0 Å². The molecule has 3 rings (SSSR count). The highest BCUT2D eigenvalue weighted by Gasteiger charge is 2.44. The van der Waals surface area contributed by atoms with E-state index in [1.165, 1.54) is 17.2 Å². The molecule has 0 bridgehead atoms. The monoisotopic (exact) mass is 586 g/mol. The summed E-state index contributed by atoms with van der Waals surface area (Å²) in [7, 11) is -13.9. The number of fused-ring (bicyclic) bond motifs is 1. The minimum absolute atomic E-state index is 0.205. The van der Waals surface area contributed by atoms with Gasteiger partial charge >= 0.3 is 23.5 Å². The molecule has 0 aromatic carbocycles. The van der Waals surface area contributed by atoms with E-state index in [4.69, 9.17) is 73.7 Å². The molecule has 1 aliphatic heterocycles. The number of hydrogen-bond donors (Lipinski definition) is 12. The molecule has 0 spiro atoms. The van der Waals surface area contributed by atoms with E-state index >= 15 is 0 Å². The second-order valence-corrected chi connectivity index (χ2v) is 9.14. The molecule has 4 atom stereocenters. The average Bonchev–Trinajstić information content (AvgIpc) is 3.21. The van der Waals surface area contributed by atoms with Crippen LogP contribution in [-0.2, 0) is 18.4 Å². The third kappa shape index (κ3) is 14.4. The fourth-order valence-corrected chi connectivity index (χ4v) is 2.35. The number of ether oxygens (including phenoxy) is 1. The molecule has 206 valence electrons. The number of hydrogen-bond acceptors (Lipinski definition) is 11. The highest BCUT2D eigenvalue weighted by molar-refractivity contribution is 7.45. The van der Waals surface area contributed by atoms with Crippen molar-refractivity contribution >= 4 is 40.4 Å². The largest absolute Gasteiger partial charge is 0.466 e. The van der Waals surface area contributed by atoms with Gasteiger partial charge in [-0.25, -0.2) is 28.6 Å². The minimum atomic E-state index is -4.64. The molecule has 0 amide bonds. The van der Waals surface area contributed by atoms with E-state index in [9.17, 15) is 10.2 Å². The minimum Gasteiger partial charge on any atom is -0.394 e. The van der Waals surface area contributed by atoms with Crippen LogP contribution in [-0.4, -0.2) is 98.6 Å². The molecule has 3 heterocycles. The number of imidazole rings is 1. The quantitative estimate of drug-likeness (QED) is 0.0719. The zero-order valence-electron chi connectivity index (χ0n) is 17.3. The maximum Gasteiger partial charge on any atom is 0.466 e. The van der Waals surface area contributed by atoms with Crippen molar-refractivity contribution in [2.75, 3.05) is 12.3 Å². The Morgan fingerprint density at radius 1 is 1.00 bits per heavy atom. The Hall–Kier alpha value is -2.13. The smallest absolute Gasteiger partial charge is 0.394 e. The number of nitrogens with zero attached hydrogens (tertiary/aromatic N) is 7. The average molecular weight is 586 g/mol. The van der Waals surface area contributed by atoms with Gasteiger partial charge in [0.2, 0.25) is 0 Å². The first-order chi connectivity index (χ1) is 16.2. The summed E-state index contributed by atoms with van der Waals surface area (Å²) < 4.78 is 33.7. The van der Waals surface area contributed by atoms with Crippen molar-refractivity contribution in [1.29, 1.82) is 0 Å². The van der Waals surface area contributed by atoms with Crippen LogP contribution < -0.4 is 5.73 Å². The van der Waals surface area contributed by atoms with Gasteiger partial charge in [0.15, 0.2) is 11.5 Å². The number of nitrogens with two attached hydrogens (primary N) is 1. The predicted molar refractivity (Wildman–Crippen MR) is 112 cm³/mol. The van der Waals surface area contributed by atoms with E-state index in [1.807, 2.05) is 0 Å². The van der Waals surface area contributed by atoms with E-state index in [-0.39, 0.29) is 5.82 Å². The summed E-state index contributed by atoms with van der Waals surface area (Å²) in [5, 5.41) is 22.8. The standard InChI is InChI=1S/C10H12N8O3.3H3O4P/c11-8-6-9(14-2-13-8)18(3-15-6)10-5(16-17-12)7(20)4(1-19)21-10;3*1-5(2,3)4/h2-5,7,10,19-20H,1H2,(H2,11,13,14);3*(H3,1,2,3,4)/t4-,5-,7-,10-;;;/m1.../s1. The van der Waals surface area contributed by atoms with Crippen LogP contribution in [0.1, 0.15) is 6.23 Å². The van der Waals surface area contributed by atoms with Gasteiger partial charge in [0.05, 0.1) is 19.0 Å². The van der Waals surface area contributed by atoms with Gasteiger partial charge in [-0.15, -0.1) is 0 Å². The molecule has 2 aromatic heterocycles. The Labute approximate surface area is 198 Å². The zero-order chi connectivity index (χ0) is 28.5. The molecule has 1 saturated heterocycles. The summed E-state index contributed by atoms with van der Waals surface area (Å²) >= 11 is 0. The molecule has 23 nitrogen and oxygen atoms in total. The molecule has 2 aromatic rings. The van der Waals surface area contributed by atoms with Crippen LogP contribution in [0.4, 0.5) is 5.82 Å². The molecule has 0 radical (unpaired) electrons. The summed E-state index contributed by atoms with van der Waals surface area (Å²) in [4.78, 5) is 79.4. The summed E-state index contributed by atoms with van der Waals surface area (Å²) in [6.45, 7) is -0.404. The third-order valence-electron chi connectivity index (χ3n) is 3.36. The normalized spacial score (nSPS) is 21.6. The van der Waals surface area contributed by atoms with Crippen LogP contribution in [0.2, 0.25) is 0 Å². The van der Waals surface area contributed by atoms with E-state index < -0.39 is 54.6 Å². The van der Waals surface area contributed by atoms with E-state index in [2.05, 4.69) is 25.0 Å². The summed E-state index contributed by atoms with van der Waals surface area (Å²) in [5.41, 5.74) is 15.1. The number of phosphoric acid groups is 3. The molecule has 36 heavy (non-hydrogen) atoms. The third-order valence-corrected chi connectivity index (χ3v) is 3.36. The van der Waals surface area contributed by atoms with E-state index in [1.54, 1.807) is 0 Å². The van der Waals surface area contributed by atoms with Crippen molar-refractivity contribution in [2.24, 2.45) is 5.11 Å². The van der Waals surface area contributed by atoms with Crippen molar-refractivity contribution in [3.63, 3.8) is 0 Å². The number of aliphatic hydroxyl groups is 2. The van der Waals surface area contributed by atoms with Crippen LogP contribution >= 0.6 is 23.5 Å². The lowest BCUT2D eigenvalue weighted by atomic mass is 10.1. The van der Waals surface area contributed by atoms with Gasteiger partial charge in [-0.05, 0) is 5.53 Å². The number of azide groups is 1. The van der Waals surface area contributed by atoms with E-state index in [0.29, 0.717) is 11.2 Å². The fourth-order valence-electron chi connectivity index (χ4n) is 2.35. The van der Waals surface area contributed by atoms with Crippen molar-refractivity contribution < 1.29 is 72.7 Å². The summed E-state index contributed by atoms with van der Waals surface area (Å²) in [6.07, 6.45) is -0.151. The van der Waals surface area contributed by atoms with Gasteiger partial charge in [0, 0.05) is 4.91 Å². The Morgan fingerprint density at radius 2 is 1.47 bits per heavy atom. The molecule has 0 aliphatic carbocycles. The number of aromatic nitrogens is 4. The van der Waals surface area contributed by atoms with Gasteiger partial charge < -0.3 is 64.7 Å². The molecule has 26 heteroatoms. The zero-order valence-corrected chi connectivity index (χ0v) is 20.0. The van der Waals surface area contributed by atoms with Crippen LogP contribution in [0.3, 0.4) is 0 Å². The lowest BCUT2D eigenvalue weighted by Crippen LogP contribution is -2.31. The first kappa shape index (κ1) is 33.9. The van der Waals surface area contributed by atoms with Gasteiger partial charge in [-0.1, -0.05) is 5.11 Å². The molecule has 1 aliphatic rings. The van der Waals surface area contributed by atoms with Gasteiger partial charge in [-0.2, -0.15) is 0 Å². The van der Waals surface area contributed by atoms with Crippen LogP contribution in [0.15, 0.2) is 17.8 Å². The Kier molecular flexibility index (Phi) is 13.2. The lowest BCUT2D eigenvalue weighted by Gasteiger charge is -2.16. The fraction of sp³-hybridized carbons (Fsp3) is 0.500. The Bertz CT molecular complexity index is 1100. The first-order valence-corrected chi connectivity index (χ1v) is 13.1. The topological polar surface area (TPSA) is 401 Å². The SMILES string of the molecule is O=P(O)(O)O.O=P(O)(O)O.O=P(O)(O)O.[N-]=[N+]=N[C@@H]1[C@H](O)[C@@H](CO)O[C@H]1n1cnc2c(N)ncnc21. The van der Waals surface area contributed by atoms with Gasteiger partial charge in [0.1, 0.15) is 30.2 Å². The van der Waals surface area contributed by atoms with Crippen LogP contribution in [0.25, 0.3) is 21.6 Å². The maximum absolute atomic E-state index is 10.0. The lowest BCUT2D eigenvalue weighted by molar-refractivity contribution is -0.0437. The molecular formula is C10H21N8O15P3. The second-order valence-electron chi connectivity index (χ2n) is 6.06. The number of rotatable bonds is 3. The van der Waals surface area contributed by atoms with Crippen molar-refractivity contribution in [1.82, 2.24) is 19.5 Å². The number of anilines is 1. The maximum atomic E-state index is 10.0. The van der Waals surface area contributed by atoms with Gasteiger partial charge in [-0.3, -0.25) is 4.57 Å². The molecule has 1 fully saturated rings. The number of nitrogen functional groups attached to an aromatic ring is 1. The molecular weight excluding hydrogens is 565 g/mol. The molecule has 0 unspecified atom stereocenters. The Morgan fingerprint density at radius 3 is 1.89 bits per heavy atom. The van der Waals surface area contributed by atoms with Crippen LogP contribution in [0, 0.1) is 0 Å². The molecule has 13 N–H and O–H groups in total. The first-order valence-electron chi connectivity index (χ1n) is 8.43. The highest BCUT2D eigenvalue weighted by Crippen LogP contribution is 2.34. The summed E-state index contributed by atoms with van der Waals surface area (Å²) in [5.74, 6) is 0.205. The Balaban J connectivity index is 0.000000672. The predicted octanol–water partition coefficient (Wildman–Crippen LogP) is -3.45. The van der Waals surface area contributed by atoms with E-state index in [0.717, 1.165) is 0 Å². The second kappa shape index (κ2) is 14.0. The van der Waals surface area contributed by atoms with Crippen molar-refractivity contribution in [3.8, 4) is 0 Å². The van der Waals surface area contributed by atoms with Crippen molar-refractivity contribution in [3.05, 3.63) is 23.1 Å². The molecule has 0 saturated carbocycles. The van der Waals surface area contributed by atoms with Crippen molar-refractivity contribution in [2.45, 2.75) is 24.5 Å². The van der Waals surface area contributed by atoms with Crippen LogP contribution in [0.5, 0.6) is 0 Å². The number of aliphatic hydroxyl groups excluding tert-OH is 2.